The van der Waals surface area contributed by atoms with Crippen LogP contribution in [0.1, 0.15) is 58.8 Å². The minimum Gasteiger partial charge on any atom is -0.490 e. The zero-order chi connectivity index (χ0) is 35.9. The molecule has 12 nitrogen and oxygen atoms in total. The lowest BCUT2D eigenvalue weighted by Gasteiger charge is -2.34. The lowest BCUT2D eigenvalue weighted by molar-refractivity contribution is -0.135. The second kappa shape index (κ2) is 17.6. The van der Waals surface area contributed by atoms with E-state index in [-0.39, 0.29) is 72.8 Å². The molecule has 0 radical (unpaired) electrons. The number of hydrogen-bond acceptors (Lipinski definition) is 9. The summed E-state index contributed by atoms with van der Waals surface area (Å²) in [7, 11) is 0. The minimum absolute atomic E-state index is 0. The largest absolute Gasteiger partial charge is 0.490 e. The molecule has 4 aromatic rings. The summed E-state index contributed by atoms with van der Waals surface area (Å²) >= 11 is 0. The quantitative estimate of drug-likeness (QED) is 0.185. The molecule has 3 amide bonds. The van der Waals surface area contributed by atoms with E-state index in [0.29, 0.717) is 69.8 Å². The zero-order valence-electron chi connectivity index (χ0n) is 28.8. The number of hydrogen-bond donors (Lipinski definition) is 1. The van der Waals surface area contributed by atoms with Crippen molar-refractivity contribution < 1.29 is 41.8 Å². The smallest absolute Gasteiger partial charge is 0.387 e. The number of oxazole rings is 1. The average Bonchev–Trinajstić information content (AvgIpc) is 3.61. The first-order valence-corrected chi connectivity index (χ1v) is 17.1. The monoisotopic (exact) mass is 741 g/mol. The van der Waals surface area contributed by atoms with Crippen molar-refractivity contribution in [1.82, 2.24) is 19.7 Å². The van der Waals surface area contributed by atoms with Gasteiger partial charge in [-0.05, 0) is 54.8 Å². The number of carbonyl (C=O) groups excluding carboxylic acids is 3. The van der Waals surface area contributed by atoms with Crippen molar-refractivity contribution >= 4 is 40.9 Å². The first kappa shape index (κ1) is 38.4. The van der Waals surface area contributed by atoms with E-state index in [4.69, 9.17) is 19.6 Å². The number of nitrogens with zero attached hydrogens (tertiary/aromatic N) is 4. The molecule has 1 atom stereocenters. The third-order valence-corrected chi connectivity index (χ3v) is 8.96. The summed E-state index contributed by atoms with van der Waals surface area (Å²) in [6.07, 6.45) is 1.39. The van der Waals surface area contributed by atoms with Crippen LogP contribution >= 0.6 is 12.4 Å². The number of carbonyl (C=O) groups is 3. The summed E-state index contributed by atoms with van der Waals surface area (Å²) in [5.41, 5.74) is 7.21. The molecule has 0 aliphatic carbocycles. The van der Waals surface area contributed by atoms with Gasteiger partial charge in [0, 0.05) is 56.8 Å². The van der Waals surface area contributed by atoms with Crippen LogP contribution in [0, 0.1) is 0 Å². The predicted molar refractivity (Wildman–Crippen MR) is 191 cm³/mol. The Labute approximate surface area is 306 Å². The number of aromatic nitrogens is 1. The number of amides is 3. The molecule has 2 aliphatic rings. The maximum Gasteiger partial charge on any atom is 0.387 e. The Hall–Kier alpha value is -4.79. The van der Waals surface area contributed by atoms with Gasteiger partial charge in [-0.3, -0.25) is 14.4 Å². The number of rotatable bonds is 12. The van der Waals surface area contributed by atoms with Crippen molar-refractivity contribution in [1.29, 1.82) is 0 Å². The van der Waals surface area contributed by atoms with Gasteiger partial charge in [0.05, 0.1) is 25.9 Å². The van der Waals surface area contributed by atoms with E-state index >= 15 is 0 Å². The standard InChI is InChI=1S/C37H41F2N5O7.ClH/c1-24(40)33-32(36(47)44-16-14-43(15-17-44)35(46)28-10-6-8-25-7-2-3-9-27(25)28)41-34(51-33)26-12-13-29(50-37(38)39)30(23-26)49-20-5-4-11-31(45)42-18-21-48-22-19-42;/h2-3,6-10,12-13,23-24,37H,4-5,11,14-22,40H2,1H3;1H. The van der Waals surface area contributed by atoms with E-state index in [2.05, 4.69) is 9.72 Å². The molecule has 3 heterocycles. The number of nitrogens with two attached hydrogens (primary N) is 1. The topological polar surface area (TPSA) is 141 Å². The van der Waals surface area contributed by atoms with Crippen molar-refractivity contribution in [2.45, 2.75) is 38.8 Å². The first-order valence-electron chi connectivity index (χ1n) is 17.1. The number of unbranched alkanes of at least 4 members (excludes halogenated alkanes) is 1. The van der Waals surface area contributed by atoms with E-state index < -0.39 is 18.6 Å². The molecule has 2 aliphatic heterocycles. The molecule has 1 aromatic heterocycles. The number of fused-ring (bicyclic) bond motifs is 1. The highest BCUT2D eigenvalue weighted by molar-refractivity contribution is 6.07. The summed E-state index contributed by atoms with van der Waals surface area (Å²) < 4.78 is 48.2. The molecule has 15 heteroatoms. The van der Waals surface area contributed by atoms with Crippen LogP contribution in [0.2, 0.25) is 0 Å². The third kappa shape index (κ3) is 8.98. The maximum atomic E-state index is 13.8. The second-order valence-corrected chi connectivity index (χ2v) is 12.5. The van der Waals surface area contributed by atoms with Gasteiger partial charge in [-0.1, -0.05) is 36.4 Å². The van der Waals surface area contributed by atoms with Crippen LogP contribution in [-0.2, 0) is 9.53 Å². The number of piperazine rings is 1. The molecule has 0 saturated carbocycles. The van der Waals surface area contributed by atoms with Crippen LogP contribution in [0.4, 0.5) is 8.78 Å². The van der Waals surface area contributed by atoms with Gasteiger partial charge >= 0.3 is 6.61 Å². The number of alkyl halides is 2. The first-order chi connectivity index (χ1) is 24.7. The molecule has 6 rings (SSSR count). The van der Waals surface area contributed by atoms with Crippen molar-refractivity contribution in [3.8, 4) is 23.0 Å². The fraction of sp³-hybridized carbons (Fsp3) is 0.405. The van der Waals surface area contributed by atoms with Crippen molar-refractivity contribution in [3.63, 3.8) is 0 Å². The van der Waals surface area contributed by atoms with Crippen molar-refractivity contribution in [2.24, 2.45) is 5.73 Å². The molecule has 0 spiro atoms. The van der Waals surface area contributed by atoms with Crippen molar-refractivity contribution in [3.05, 3.63) is 77.7 Å². The number of halogens is 3. The van der Waals surface area contributed by atoms with Gasteiger partial charge in [0.2, 0.25) is 11.8 Å². The molecular formula is C37H42ClF2N5O7. The molecular weight excluding hydrogens is 700 g/mol. The Bertz CT molecular complexity index is 1850. The number of ether oxygens (including phenoxy) is 3. The van der Waals surface area contributed by atoms with Gasteiger partial charge in [0.25, 0.3) is 11.8 Å². The summed E-state index contributed by atoms with van der Waals surface area (Å²) in [4.78, 5) is 49.3. The van der Waals surface area contributed by atoms with Crippen LogP contribution in [0.25, 0.3) is 22.2 Å². The summed E-state index contributed by atoms with van der Waals surface area (Å²) in [5, 5.41) is 1.85. The van der Waals surface area contributed by atoms with Gasteiger partial charge in [0.15, 0.2) is 23.0 Å². The second-order valence-electron chi connectivity index (χ2n) is 12.5. The fourth-order valence-electron chi connectivity index (χ4n) is 6.24. The Morgan fingerprint density at radius 3 is 2.27 bits per heavy atom. The minimum atomic E-state index is -3.08. The fourth-order valence-corrected chi connectivity index (χ4v) is 6.24. The van der Waals surface area contributed by atoms with Crippen LogP contribution in [0.15, 0.2) is 65.1 Å². The Kier molecular flexibility index (Phi) is 13.0. The number of morpholine rings is 1. The van der Waals surface area contributed by atoms with E-state index in [0.717, 1.165) is 10.8 Å². The molecule has 52 heavy (non-hydrogen) atoms. The molecule has 2 fully saturated rings. The van der Waals surface area contributed by atoms with E-state index in [1.807, 2.05) is 42.5 Å². The van der Waals surface area contributed by atoms with Gasteiger partial charge in [-0.2, -0.15) is 8.78 Å². The Morgan fingerprint density at radius 1 is 0.865 bits per heavy atom. The summed E-state index contributed by atoms with van der Waals surface area (Å²) in [6.45, 7) is 2.15. The molecule has 278 valence electrons. The van der Waals surface area contributed by atoms with E-state index in [9.17, 15) is 23.2 Å². The Morgan fingerprint density at radius 2 is 1.56 bits per heavy atom. The third-order valence-electron chi connectivity index (χ3n) is 8.96. The van der Waals surface area contributed by atoms with Crippen LogP contribution in [-0.4, -0.2) is 103 Å². The van der Waals surface area contributed by atoms with Crippen LogP contribution < -0.4 is 15.2 Å². The maximum absolute atomic E-state index is 13.8. The molecule has 3 aromatic carbocycles. The molecule has 0 bridgehead atoms. The average molecular weight is 742 g/mol. The lowest BCUT2D eigenvalue weighted by Crippen LogP contribution is -2.50. The van der Waals surface area contributed by atoms with E-state index in [1.165, 1.54) is 18.2 Å². The lowest BCUT2D eigenvalue weighted by atomic mass is 10.0. The Balaban J connectivity index is 0.00000523. The highest BCUT2D eigenvalue weighted by Gasteiger charge is 2.31. The van der Waals surface area contributed by atoms with E-state index in [1.54, 1.807) is 21.6 Å². The normalized spacial score (nSPS) is 15.4. The van der Waals surface area contributed by atoms with Gasteiger partial charge in [-0.15, -0.1) is 12.4 Å². The zero-order valence-corrected chi connectivity index (χ0v) is 29.6. The van der Waals surface area contributed by atoms with Gasteiger partial charge in [0.1, 0.15) is 0 Å². The predicted octanol–water partition coefficient (Wildman–Crippen LogP) is 5.54. The molecule has 2 N–H and O–H groups in total. The van der Waals surface area contributed by atoms with Crippen molar-refractivity contribution in [2.75, 3.05) is 59.1 Å². The number of benzene rings is 3. The highest BCUT2D eigenvalue weighted by Crippen LogP contribution is 2.35. The molecule has 2 saturated heterocycles. The highest BCUT2D eigenvalue weighted by atomic mass is 35.5. The van der Waals surface area contributed by atoms with Crippen LogP contribution in [0.5, 0.6) is 11.5 Å². The SMILES string of the molecule is CC(N)c1oc(-c2ccc(OC(F)F)c(OCCCCC(=O)N3CCOCC3)c2)nc1C(=O)N1CCN(C(=O)c2cccc3ccccc23)CC1.Cl. The summed E-state index contributed by atoms with van der Waals surface area (Å²) in [6, 6.07) is 16.9. The summed E-state index contributed by atoms with van der Waals surface area (Å²) in [5.74, 6) is -0.368. The van der Waals surface area contributed by atoms with Gasteiger partial charge < -0.3 is 39.1 Å². The van der Waals surface area contributed by atoms with Gasteiger partial charge in [-0.25, -0.2) is 4.98 Å². The molecule has 1 unspecified atom stereocenters. The van der Waals surface area contributed by atoms with Crippen LogP contribution in [0.3, 0.4) is 0 Å².